The van der Waals surface area contributed by atoms with Crippen LogP contribution in [0.4, 0.5) is 0 Å². The molecule has 0 aliphatic rings. The van der Waals surface area contributed by atoms with Crippen LogP contribution in [0.3, 0.4) is 0 Å². The number of esters is 1. The number of hydrogen-bond acceptors (Lipinski definition) is 3. The first-order valence-electron chi connectivity index (χ1n) is 4.78. The van der Waals surface area contributed by atoms with E-state index in [-0.39, 0.29) is 5.76 Å². The van der Waals surface area contributed by atoms with E-state index in [0.717, 1.165) is 11.6 Å². The van der Waals surface area contributed by atoms with E-state index in [2.05, 4.69) is 4.74 Å². The molecule has 0 fully saturated rings. The van der Waals surface area contributed by atoms with Gasteiger partial charge in [0.2, 0.25) is 0 Å². The molecule has 1 aromatic rings. The second-order valence-corrected chi connectivity index (χ2v) is 3.15. The summed E-state index contributed by atoms with van der Waals surface area (Å²) in [5, 5.41) is 9.57. The van der Waals surface area contributed by atoms with Crippen LogP contribution in [-0.2, 0) is 9.53 Å². The van der Waals surface area contributed by atoms with Crippen LogP contribution in [0.1, 0.15) is 18.1 Å². The molecule has 0 bridgehead atoms. The van der Waals surface area contributed by atoms with E-state index in [1.54, 1.807) is 19.1 Å². The molecule has 0 saturated carbocycles. The number of carbonyl (C=O) groups is 1. The summed E-state index contributed by atoms with van der Waals surface area (Å²) in [6.07, 6.45) is 1.08. The Labute approximate surface area is 89.0 Å². The fourth-order valence-corrected chi connectivity index (χ4v) is 1.10. The van der Waals surface area contributed by atoms with E-state index in [4.69, 9.17) is 0 Å². The Balaban J connectivity index is 2.79. The fraction of sp³-hybridized carbons (Fsp3) is 0.250. The van der Waals surface area contributed by atoms with Crippen molar-refractivity contribution < 1.29 is 14.6 Å². The molecule has 1 N–H and O–H groups in total. The summed E-state index contributed by atoms with van der Waals surface area (Å²) < 4.78 is 4.68. The Kier molecular flexibility index (Phi) is 3.92. The molecule has 0 aliphatic heterocycles. The van der Waals surface area contributed by atoms with E-state index in [1.165, 1.54) is 0 Å². The molecule has 0 atom stereocenters. The Hall–Kier alpha value is -1.77. The molecule has 1 rings (SSSR count). The highest BCUT2D eigenvalue weighted by Gasteiger charge is 2.02. The normalized spacial score (nSPS) is 11.2. The minimum absolute atomic E-state index is 0.0755. The third-order valence-electron chi connectivity index (χ3n) is 1.89. The molecule has 0 aliphatic carbocycles. The number of rotatable bonds is 3. The summed E-state index contributed by atoms with van der Waals surface area (Å²) in [6.45, 7) is 3.97. The molecule has 0 radical (unpaired) electrons. The van der Waals surface area contributed by atoms with Crippen molar-refractivity contribution in [3.05, 3.63) is 41.5 Å². The molecular weight excluding hydrogens is 192 g/mol. The Morgan fingerprint density at radius 1 is 1.40 bits per heavy atom. The number of benzene rings is 1. The van der Waals surface area contributed by atoms with Gasteiger partial charge in [-0.1, -0.05) is 29.8 Å². The fourth-order valence-electron chi connectivity index (χ4n) is 1.10. The van der Waals surface area contributed by atoms with Gasteiger partial charge >= 0.3 is 5.97 Å². The van der Waals surface area contributed by atoms with Crippen molar-refractivity contribution >= 4 is 11.7 Å². The first kappa shape index (κ1) is 11.3. The molecular formula is C12H14O3. The highest BCUT2D eigenvalue weighted by atomic mass is 16.5. The molecule has 0 amide bonds. The average Bonchev–Trinajstić information content (AvgIpc) is 2.18. The molecule has 0 heterocycles. The van der Waals surface area contributed by atoms with Crippen molar-refractivity contribution in [2.75, 3.05) is 6.61 Å². The number of aliphatic hydroxyl groups is 1. The highest BCUT2D eigenvalue weighted by Crippen LogP contribution is 2.12. The zero-order valence-corrected chi connectivity index (χ0v) is 8.86. The lowest BCUT2D eigenvalue weighted by molar-refractivity contribution is -0.137. The molecule has 80 valence electrons. The van der Waals surface area contributed by atoms with Gasteiger partial charge in [-0.2, -0.15) is 0 Å². The number of aryl methyl sites for hydroxylation is 1. The Morgan fingerprint density at radius 2 is 2.00 bits per heavy atom. The van der Waals surface area contributed by atoms with E-state index >= 15 is 0 Å². The summed E-state index contributed by atoms with van der Waals surface area (Å²) in [6, 6.07) is 7.23. The molecule has 15 heavy (non-hydrogen) atoms. The van der Waals surface area contributed by atoms with E-state index in [1.807, 2.05) is 19.1 Å². The maximum Gasteiger partial charge on any atom is 0.334 e. The molecule has 0 unspecified atom stereocenters. The number of aliphatic hydroxyl groups excluding tert-OH is 1. The first-order chi connectivity index (χ1) is 7.13. The molecule has 1 aromatic carbocycles. The van der Waals surface area contributed by atoms with Gasteiger partial charge in [0.05, 0.1) is 12.7 Å². The molecule has 0 spiro atoms. The Bertz CT molecular complexity index is 363. The molecule has 3 heteroatoms. The standard InChI is InChI=1S/C12H14O3/c1-3-15-12(14)8-11(13)10-6-4-9(2)5-7-10/h4-8,13H,3H2,1-2H3/b11-8-. The minimum Gasteiger partial charge on any atom is -0.507 e. The lowest BCUT2D eigenvalue weighted by Crippen LogP contribution is -2.00. The topological polar surface area (TPSA) is 46.5 Å². The van der Waals surface area contributed by atoms with E-state index in [0.29, 0.717) is 12.2 Å². The van der Waals surface area contributed by atoms with Crippen LogP contribution < -0.4 is 0 Å². The van der Waals surface area contributed by atoms with Gasteiger partial charge in [-0.3, -0.25) is 0 Å². The van der Waals surface area contributed by atoms with Crippen LogP contribution in [0.5, 0.6) is 0 Å². The molecule has 0 aromatic heterocycles. The van der Waals surface area contributed by atoms with Crippen molar-refractivity contribution in [2.24, 2.45) is 0 Å². The maximum absolute atomic E-state index is 11.0. The van der Waals surface area contributed by atoms with Gasteiger partial charge in [-0.15, -0.1) is 0 Å². The van der Waals surface area contributed by atoms with Crippen LogP contribution in [0.2, 0.25) is 0 Å². The van der Waals surface area contributed by atoms with Crippen molar-refractivity contribution in [2.45, 2.75) is 13.8 Å². The molecule has 3 nitrogen and oxygen atoms in total. The van der Waals surface area contributed by atoms with E-state index < -0.39 is 5.97 Å². The van der Waals surface area contributed by atoms with Crippen molar-refractivity contribution in [3.8, 4) is 0 Å². The summed E-state index contributed by atoms with van der Waals surface area (Å²) in [5.41, 5.74) is 1.70. The number of hydrogen-bond donors (Lipinski definition) is 1. The van der Waals surface area contributed by atoms with Crippen LogP contribution in [0.15, 0.2) is 30.3 Å². The van der Waals surface area contributed by atoms with Crippen LogP contribution in [0, 0.1) is 6.92 Å². The largest absolute Gasteiger partial charge is 0.507 e. The van der Waals surface area contributed by atoms with Gasteiger partial charge in [0, 0.05) is 5.56 Å². The highest BCUT2D eigenvalue weighted by molar-refractivity contribution is 5.89. The predicted octanol–water partition coefficient (Wildman–Crippen LogP) is 2.46. The van der Waals surface area contributed by atoms with Crippen molar-refractivity contribution in [1.82, 2.24) is 0 Å². The van der Waals surface area contributed by atoms with E-state index in [9.17, 15) is 9.90 Å². The monoisotopic (exact) mass is 206 g/mol. The second-order valence-electron chi connectivity index (χ2n) is 3.15. The third-order valence-corrected chi connectivity index (χ3v) is 1.89. The number of ether oxygens (including phenoxy) is 1. The average molecular weight is 206 g/mol. The van der Waals surface area contributed by atoms with Gasteiger partial charge < -0.3 is 9.84 Å². The lowest BCUT2D eigenvalue weighted by atomic mass is 10.1. The van der Waals surface area contributed by atoms with Gasteiger partial charge in [0.1, 0.15) is 5.76 Å². The van der Waals surface area contributed by atoms with Gasteiger partial charge in [0.25, 0.3) is 0 Å². The quantitative estimate of drug-likeness (QED) is 0.469. The van der Waals surface area contributed by atoms with Crippen molar-refractivity contribution in [1.29, 1.82) is 0 Å². The summed E-state index contributed by atoms with van der Waals surface area (Å²) in [5.74, 6) is -0.607. The van der Waals surface area contributed by atoms with Crippen LogP contribution >= 0.6 is 0 Å². The SMILES string of the molecule is CCOC(=O)/C=C(\O)c1ccc(C)cc1. The zero-order valence-electron chi connectivity index (χ0n) is 8.86. The second kappa shape index (κ2) is 5.20. The predicted molar refractivity (Wildman–Crippen MR) is 58.4 cm³/mol. The first-order valence-corrected chi connectivity index (χ1v) is 4.78. The van der Waals surface area contributed by atoms with Crippen LogP contribution in [0.25, 0.3) is 5.76 Å². The molecule has 0 saturated heterocycles. The van der Waals surface area contributed by atoms with Crippen LogP contribution in [-0.4, -0.2) is 17.7 Å². The van der Waals surface area contributed by atoms with Crippen molar-refractivity contribution in [3.63, 3.8) is 0 Å². The lowest BCUT2D eigenvalue weighted by Gasteiger charge is -2.01. The smallest absolute Gasteiger partial charge is 0.334 e. The Morgan fingerprint density at radius 3 is 2.53 bits per heavy atom. The third kappa shape index (κ3) is 3.46. The summed E-state index contributed by atoms with van der Waals surface area (Å²) in [7, 11) is 0. The maximum atomic E-state index is 11.0. The van der Waals surface area contributed by atoms with Gasteiger partial charge in [-0.25, -0.2) is 4.79 Å². The summed E-state index contributed by atoms with van der Waals surface area (Å²) >= 11 is 0. The zero-order chi connectivity index (χ0) is 11.3. The number of carbonyl (C=O) groups excluding carboxylic acids is 1. The van der Waals surface area contributed by atoms with Gasteiger partial charge in [0.15, 0.2) is 0 Å². The minimum atomic E-state index is -0.532. The summed E-state index contributed by atoms with van der Waals surface area (Å²) in [4.78, 5) is 11.0. The van der Waals surface area contributed by atoms with Gasteiger partial charge in [-0.05, 0) is 13.8 Å².